The summed E-state index contributed by atoms with van der Waals surface area (Å²) in [5.74, 6) is -0.697. The van der Waals surface area contributed by atoms with Gasteiger partial charge in [0.15, 0.2) is 5.76 Å². The van der Waals surface area contributed by atoms with Crippen LogP contribution in [0.3, 0.4) is 0 Å². The molecular formula is C20H16N4O4. The van der Waals surface area contributed by atoms with Gasteiger partial charge in [0, 0.05) is 0 Å². The number of nitrogens with zero attached hydrogens (tertiary/aromatic N) is 2. The molecule has 0 bridgehead atoms. The molecule has 1 unspecified atom stereocenters. The van der Waals surface area contributed by atoms with Crippen LogP contribution in [0.2, 0.25) is 0 Å². The van der Waals surface area contributed by atoms with Crippen molar-refractivity contribution in [3.8, 4) is 11.5 Å². The van der Waals surface area contributed by atoms with Gasteiger partial charge in [-0.15, -0.1) is 0 Å². The van der Waals surface area contributed by atoms with Crippen LogP contribution in [0.1, 0.15) is 27.7 Å². The average Bonchev–Trinajstić information content (AvgIpc) is 3.36. The molecule has 1 atom stereocenters. The highest BCUT2D eigenvalue weighted by Crippen LogP contribution is 2.27. The summed E-state index contributed by atoms with van der Waals surface area (Å²) in [6.07, 6.45) is 1.51. The summed E-state index contributed by atoms with van der Waals surface area (Å²) in [6, 6.07) is 12.8. The monoisotopic (exact) mass is 376 g/mol. The maximum absolute atomic E-state index is 13.1. The number of hydrogen-bond donors (Lipinski definition) is 2. The van der Waals surface area contributed by atoms with Gasteiger partial charge in [-0.25, -0.2) is 4.98 Å². The smallest absolute Gasteiger partial charge is 0.259 e. The number of furan rings is 1. The van der Waals surface area contributed by atoms with Gasteiger partial charge in [0.1, 0.15) is 11.7 Å². The third-order valence-electron chi connectivity index (χ3n) is 4.33. The number of aromatic nitrogens is 2. The molecule has 28 heavy (non-hydrogen) atoms. The van der Waals surface area contributed by atoms with E-state index in [0.717, 1.165) is 0 Å². The van der Waals surface area contributed by atoms with Gasteiger partial charge in [-0.1, -0.05) is 35.5 Å². The number of rotatable bonds is 5. The Morgan fingerprint density at radius 3 is 2.61 bits per heavy atom. The highest BCUT2D eigenvalue weighted by atomic mass is 16.5. The van der Waals surface area contributed by atoms with Crippen molar-refractivity contribution in [2.24, 2.45) is 5.73 Å². The highest BCUT2D eigenvalue weighted by molar-refractivity contribution is 6.08. The molecule has 3 N–H and O–H groups in total. The standard InChI is InChI=1S/C20H16N4O4/c1-11-16-13(10-14(15-8-5-9-27-15)22-20(16)28-24-11)19(26)23-17(18(21)25)12-6-3-2-4-7-12/h2-10,17H,1H3,(H2,21,25)(H,23,26). The minimum Gasteiger partial charge on any atom is -0.463 e. The fraction of sp³-hybridized carbons (Fsp3) is 0.100. The second-order valence-electron chi connectivity index (χ2n) is 6.20. The summed E-state index contributed by atoms with van der Waals surface area (Å²) >= 11 is 0. The molecule has 0 radical (unpaired) electrons. The summed E-state index contributed by atoms with van der Waals surface area (Å²) in [6.45, 7) is 1.71. The van der Waals surface area contributed by atoms with Gasteiger partial charge in [-0.2, -0.15) is 0 Å². The van der Waals surface area contributed by atoms with E-state index >= 15 is 0 Å². The highest BCUT2D eigenvalue weighted by Gasteiger charge is 2.25. The lowest BCUT2D eigenvalue weighted by Gasteiger charge is -2.16. The Morgan fingerprint density at radius 2 is 1.93 bits per heavy atom. The SMILES string of the molecule is Cc1noc2nc(-c3ccco3)cc(C(=O)NC(C(N)=O)c3ccccc3)c12. The maximum Gasteiger partial charge on any atom is 0.259 e. The topological polar surface area (TPSA) is 124 Å². The minimum absolute atomic E-state index is 0.201. The second-order valence-corrected chi connectivity index (χ2v) is 6.20. The van der Waals surface area contributed by atoms with Crippen LogP contribution in [0.15, 0.2) is 63.7 Å². The number of carbonyl (C=O) groups is 2. The number of primary amides is 1. The van der Waals surface area contributed by atoms with Crippen LogP contribution in [0, 0.1) is 6.92 Å². The molecular weight excluding hydrogens is 360 g/mol. The number of fused-ring (bicyclic) bond motifs is 1. The largest absolute Gasteiger partial charge is 0.463 e. The lowest BCUT2D eigenvalue weighted by atomic mass is 10.0. The first kappa shape index (κ1) is 17.5. The summed E-state index contributed by atoms with van der Waals surface area (Å²) in [7, 11) is 0. The van der Waals surface area contributed by atoms with Crippen molar-refractivity contribution < 1.29 is 18.5 Å². The lowest BCUT2D eigenvalue weighted by molar-refractivity contribution is -0.120. The molecule has 0 spiro atoms. The summed E-state index contributed by atoms with van der Waals surface area (Å²) in [5, 5.41) is 7.05. The van der Waals surface area contributed by atoms with E-state index in [1.165, 1.54) is 6.26 Å². The molecule has 4 rings (SSSR count). The Balaban J connectivity index is 1.78. The van der Waals surface area contributed by atoms with Gasteiger partial charge >= 0.3 is 0 Å². The van der Waals surface area contributed by atoms with E-state index in [4.69, 9.17) is 14.7 Å². The first-order chi connectivity index (χ1) is 13.5. The first-order valence-corrected chi connectivity index (χ1v) is 8.50. The van der Waals surface area contributed by atoms with E-state index in [1.807, 2.05) is 6.07 Å². The Bertz CT molecular complexity index is 1150. The van der Waals surface area contributed by atoms with E-state index in [-0.39, 0.29) is 11.3 Å². The molecule has 0 aliphatic heterocycles. The van der Waals surface area contributed by atoms with Crippen molar-refractivity contribution in [1.82, 2.24) is 15.5 Å². The minimum atomic E-state index is -0.982. The number of benzene rings is 1. The predicted octanol–water partition coefficient (Wildman–Crippen LogP) is 2.75. The van der Waals surface area contributed by atoms with Crippen LogP contribution in [-0.4, -0.2) is 22.0 Å². The van der Waals surface area contributed by atoms with E-state index in [1.54, 1.807) is 49.4 Å². The average molecular weight is 376 g/mol. The summed E-state index contributed by atoms with van der Waals surface area (Å²) in [4.78, 5) is 29.4. The molecule has 0 saturated carbocycles. The molecule has 8 heteroatoms. The third kappa shape index (κ3) is 3.11. The van der Waals surface area contributed by atoms with Crippen molar-refractivity contribution >= 4 is 22.9 Å². The lowest BCUT2D eigenvalue weighted by Crippen LogP contribution is -2.37. The van der Waals surface area contributed by atoms with Crippen molar-refractivity contribution in [1.29, 1.82) is 0 Å². The Labute approximate surface area is 159 Å². The van der Waals surface area contributed by atoms with Crippen LogP contribution >= 0.6 is 0 Å². The zero-order valence-corrected chi connectivity index (χ0v) is 14.9. The Kier molecular flexibility index (Phi) is 4.36. The van der Waals surface area contributed by atoms with Crippen LogP contribution in [0.5, 0.6) is 0 Å². The van der Waals surface area contributed by atoms with Crippen molar-refractivity contribution in [2.45, 2.75) is 13.0 Å². The third-order valence-corrected chi connectivity index (χ3v) is 4.33. The number of nitrogens with one attached hydrogen (secondary N) is 1. The fourth-order valence-corrected chi connectivity index (χ4v) is 3.00. The fourth-order valence-electron chi connectivity index (χ4n) is 3.00. The first-order valence-electron chi connectivity index (χ1n) is 8.50. The number of hydrogen-bond acceptors (Lipinski definition) is 6. The molecule has 3 heterocycles. The van der Waals surface area contributed by atoms with Gasteiger partial charge in [0.2, 0.25) is 5.91 Å². The quantitative estimate of drug-likeness (QED) is 0.552. The molecule has 0 aliphatic carbocycles. The number of aryl methyl sites for hydroxylation is 1. The molecule has 0 fully saturated rings. The zero-order chi connectivity index (χ0) is 19.7. The molecule has 2 amide bonds. The maximum atomic E-state index is 13.1. The molecule has 3 aromatic heterocycles. The van der Waals surface area contributed by atoms with Crippen LogP contribution in [0.4, 0.5) is 0 Å². The molecule has 0 aliphatic rings. The molecule has 1 aromatic carbocycles. The molecule has 8 nitrogen and oxygen atoms in total. The molecule has 140 valence electrons. The zero-order valence-electron chi connectivity index (χ0n) is 14.9. The predicted molar refractivity (Wildman–Crippen MR) is 100 cm³/mol. The Morgan fingerprint density at radius 1 is 1.14 bits per heavy atom. The van der Waals surface area contributed by atoms with Gasteiger partial charge in [0.25, 0.3) is 11.6 Å². The van der Waals surface area contributed by atoms with Crippen LogP contribution in [0.25, 0.3) is 22.6 Å². The van der Waals surface area contributed by atoms with Crippen molar-refractivity contribution in [2.75, 3.05) is 0 Å². The number of pyridine rings is 1. The van der Waals surface area contributed by atoms with Gasteiger partial charge in [-0.3, -0.25) is 9.59 Å². The van der Waals surface area contributed by atoms with E-state index < -0.39 is 17.9 Å². The molecule has 4 aromatic rings. The van der Waals surface area contributed by atoms with Crippen LogP contribution in [-0.2, 0) is 4.79 Å². The number of nitrogens with two attached hydrogens (primary N) is 1. The second kappa shape index (κ2) is 6.99. The van der Waals surface area contributed by atoms with Crippen LogP contribution < -0.4 is 11.1 Å². The van der Waals surface area contributed by atoms with E-state index in [9.17, 15) is 9.59 Å². The molecule has 0 saturated heterocycles. The number of amides is 2. The van der Waals surface area contributed by atoms with Gasteiger partial charge in [0.05, 0.1) is 22.9 Å². The van der Waals surface area contributed by atoms with Crippen molar-refractivity contribution in [3.05, 3.63) is 71.6 Å². The van der Waals surface area contributed by atoms with Crippen molar-refractivity contribution in [3.63, 3.8) is 0 Å². The van der Waals surface area contributed by atoms with Gasteiger partial charge < -0.3 is 20.0 Å². The van der Waals surface area contributed by atoms with E-state index in [0.29, 0.717) is 28.1 Å². The summed E-state index contributed by atoms with van der Waals surface area (Å²) < 4.78 is 10.6. The van der Waals surface area contributed by atoms with E-state index in [2.05, 4.69) is 15.5 Å². The van der Waals surface area contributed by atoms with Gasteiger partial charge in [-0.05, 0) is 30.7 Å². The summed E-state index contributed by atoms with van der Waals surface area (Å²) in [5.41, 5.74) is 7.48. The normalized spacial score (nSPS) is 12.0. The Hall–Kier alpha value is -3.94. The number of carbonyl (C=O) groups excluding carboxylic acids is 2.